The number of nitrogens with zero attached hydrogens (tertiary/aromatic N) is 1. The summed E-state index contributed by atoms with van der Waals surface area (Å²) in [4.78, 5) is 60.2. The smallest absolute Gasteiger partial charge is 0.273 e. The Morgan fingerprint density at radius 3 is 1.47 bits per heavy atom. The van der Waals surface area contributed by atoms with Gasteiger partial charge in [-0.2, -0.15) is 0 Å². The molecule has 1 heterocycles. The van der Waals surface area contributed by atoms with E-state index in [1.807, 2.05) is 121 Å². The largest absolute Gasteiger partial charge is 0.442 e. The highest BCUT2D eigenvalue weighted by atomic mass is 16.5. The first-order valence-corrected chi connectivity index (χ1v) is 19.9. The molecular weight excluding hydrogens is 763 g/mol. The van der Waals surface area contributed by atoms with Gasteiger partial charge in [0.15, 0.2) is 5.69 Å². The third-order valence-electron chi connectivity index (χ3n) is 9.90. The molecule has 60 heavy (non-hydrogen) atoms. The molecule has 13 heteroatoms. The zero-order valence-electron chi connectivity index (χ0n) is 34.9. The molecule has 0 aliphatic rings. The van der Waals surface area contributed by atoms with Gasteiger partial charge in [-0.05, 0) is 56.4 Å². The number of carbonyl (C=O) groups excluding carboxylic acids is 4. The molecule has 0 radical (unpaired) electrons. The molecule has 0 unspecified atom stereocenters. The summed E-state index contributed by atoms with van der Waals surface area (Å²) in [5.74, 6) is -1.93. The molecule has 5 aromatic rings. The van der Waals surface area contributed by atoms with Crippen molar-refractivity contribution in [2.45, 2.75) is 77.0 Å². The fourth-order valence-corrected chi connectivity index (χ4v) is 6.32. The molecule has 4 N–H and O–H groups in total. The van der Waals surface area contributed by atoms with Gasteiger partial charge in [-0.25, -0.2) is 4.98 Å². The van der Waals surface area contributed by atoms with E-state index in [-0.39, 0.29) is 69.3 Å². The number of ether oxygens (including phenoxy) is 3. The van der Waals surface area contributed by atoms with Gasteiger partial charge in [0.2, 0.25) is 23.6 Å². The maximum atomic E-state index is 14.8. The Morgan fingerprint density at radius 2 is 1.00 bits per heavy atom. The Morgan fingerprint density at radius 1 is 0.583 bits per heavy atom. The summed E-state index contributed by atoms with van der Waals surface area (Å²) in [6.07, 6.45) is 0.563. The number of aromatic nitrogens is 1. The molecule has 0 spiro atoms. The van der Waals surface area contributed by atoms with E-state index in [0.717, 1.165) is 22.3 Å². The normalized spacial score (nSPS) is 14.2. The maximum absolute atomic E-state index is 14.8. The molecule has 0 saturated heterocycles. The van der Waals surface area contributed by atoms with E-state index < -0.39 is 34.3 Å². The summed E-state index contributed by atoms with van der Waals surface area (Å²) >= 11 is 0. The summed E-state index contributed by atoms with van der Waals surface area (Å²) in [6, 6.07) is 37.9. The molecule has 4 amide bonds. The lowest BCUT2D eigenvalue weighted by Crippen LogP contribution is -2.69. The third kappa shape index (κ3) is 12.7. The molecule has 0 bridgehead atoms. The van der Waals surface area contributed by atoms with Gasteiger partial charge in [0.05, 0.1) is 39.6 Å². The molecule has 3 atom stereocenters. The van der Waals surface area contributed by atoms with E-state index in [1.165, 1.54) is 14.0 Å². The van der Waals surface area contributed by atoms with Crippen LogP contribution in [0.25, 0.3) is 0 Å². The van der Waals surface area contributed by atoms with Crippen molar-refractivity contribution in [3.8, 4) is 0 Å². The Labute approximate surface area is 351 Å². The number of aryl methyl sites for hydroxylation is 2. The second-order valence-corrected chi connectivity index (χ2v) is 15.4. The van der Waals surface area contributed by atoms with Crippen LogP contribution in [-0.4, -0.2) is 66.6 Å². The van der Waals surface area contributed by atoms with Crippen LogP contribution in [0.2, 0.25) is 0 Å². The number of rotatable bonds is 22. The van der Waals surface area contributed by atoms with Gasteiger partial charge in [0.1, 0.15) is 22.4 Å². The van der Waals surface area contributed by atoms with Crippen LogP contribution in [0.3, 0.4) is 0 Å². The second-order valence-electron chi connectivity index (χ2n) is 15.4. The van der Waals surface area contributed by atoms with Gasteiger partial charge in [-0.1, -0.05) is 121 Å². The summed E-state index contributed by atoms with van der Waals surface area (Å²) in [6.45, 7) is 6.26. The Bertz CT molecular complexity index is 2150. The van der Waals surface area contributed by atoms with Gasteiger partial charge in [0.25, 0.3) is 5.91 Å². The average Bonchev–Trinajstić information content (AvgIpc) is 3.66. The average molecular weight is 818 g/mol. The molecule has 0 aliphatic carbocycles. The predicted octanol–water partition coefficient (Wildman–Crippen LogP) is 5.71. The first-order chi connectivity index (χ1) is 28.8. The fraction of sp³-hybridized carbons (Fsp3) is 0.340. The summed E-state index contributed by atoms with van der Waals surface area (Å²) in [5.41, 5.74) is -1.20. The highest BCUT2D eigenvalue weighted by Gasteiger charge is 2.46. The second kappa shape index (κ2) is 21.2. The summed E-state index contributed by atoms with van der Waals surface area (Å²) < 4.78 is 24.4. The summed E-state index contributed by atoms with van der Waals surface area (Å²) in [7, 11) is 1.48. The van der Waals surface area contributed by atoms with Crippen LogP contribution in [0.5, 0.6) is 0 Å². The molecule has 0 saturated carbocycles. The van der Waals surface area contributed by atoms with Crippen molar-refractivity contribution in [1.29, 1.82) is 0 Å². The fourth-order valence-electron chi connectivity index (χ4n) is 6.32. The van der Waals surface area contributed by atoms with E-state index in [1.54, 1.807) is 20.8 Å². The van der Waals surface area contributed by atoms with Gasteiger partial charge in [0, 0.05) is 13.5 Å². The quantitative estimate of drug-likeness (QED) is 0.0684. The highest BCUT2D eigenvalue weighted by molar-refractivity contribution is 5.97. The standard InChI is InChI=1S/C47H55N5O8/c1-34-40(41(54)48-5)49-44(60-34)47(4,33-59-30-38-24-16-9-17-25-38)52-43(56)46(3,32-58-29-37-22-14-8-15-23-37)51-42(55)45(2,31-57-28-36-20-12-7-13-21-36)50-39(53)27-26-35-18-10-6-11-19-35/h6-25H,26-33H2,1-5H3,(H,48,54)(H,50,53)(H,51,55)(H,52,56)/t45-,46-,47-/m0/s1. The highest BCUT2D eigenvalue weighted by Crippen LogP contribution is 2.26. The maximum Gasteiger partial charge on any atom is 0.273 e. The van der Waals surface area contributed by atoms with E-state index in [0.29, 0.717) is 6.42 Å². The monoisotopic (exact) mass is 817 g/mol. The van der Waals surface area contributed by atoms with E-state index in [9.17, 15) is 19.2 Å². The van der Waals surface area contributed by atoms with Crippen molar-refractivity contribution in [2.75, 3.05) is 26.9 Å². The third-order valence-corrected chi connectivity index (χ3v) is 9.90. The first kappa shape index (κ1) is 44.9. The van der Waals surface area contributed by atoms with Crippen LogP contribution in [-0.2, 0) is 60.4 Å². The Kier molecular flexibility index (Phi) is 15.9. The van der Waals surface area contributed by atoms with Gasteiger partial charge in [-0.15, -0.1) is 0 Å². The van der Waals surface area contributed by atoms with Crippen molar-refractivity contribution in [3.05, 3.63) is 161 Å². The van der Waals surface area contributed by atoms with Gasteiger partial charge < -0.3 is 39.9 Å². The van der Waals surface area contributed by atoms with Crippen LogP contribution in [0.1, 0.15) is 71.6 Å². The predicted molar refractivity (Wildman–Crippen MR) is 226 cm³/mol. The number of oxazole rings is 1. The lowest BCUT2D eigenvalue weighted by molar-refractivity contribution is -0.143. The number of nitrogens with one attached hydrogen (secondary N) is 4. The molecule has 316 valence electrons. The van der Waals surface area contributed by atoms with Crippen LogP contribution >= 0.6 is 0 Å². The minimum absolute atomic E-state index is 0.0173. The number of carbonyl (C=O) groups is 4. The van der Waals surface area contributed by atoms with Crippen molar-refractivity contribution < 1.29 is 37.8 Å². The number of benzene rings is 4. The van der Waals surface area contributed by atoms with Crippen LogP contribution < -0.4 is 21.3 Å². The minimum Gasteiger partial charge on any atom is -0.442 e. The number of hydrogen-bond acceptors (Lipinski definition) is 9. The lowest BCUT2D eigenvalue weighted by atomic mass is 9.94. The first-order valence-electron chi connectivity index (χ1n) is 19.9. The van der Waals surface area contributed by atoms with Gasteiger partial charge >= 0.3 is 0 Å². The van der Waals surface area contributed by atoms with Gasteiger partial charge in [-0.3, -0.25) is 19.2 Å². The SMILES string of the molecule is CNC(=O)c1nc([C@](C)(COCc2ccccc2)NC(=O)[C@](C)(COCc2ccccc2)NC(=O)[C@](C)(COCc2ccccc2)NC(=O)CCc2ccccc2)oc1C. The van der Waals surface area contributed by atoms with Crippen molar-refractivity contribution in [1.82, 2.24) is 26.3 Å². The zero-order chi connectivity index (χ0) is 43.0. The Hall–Kier alpha value is -6.15. The molecule has 1 aromatic heterocycles. The van der Waals surface area contributed by atoms with Crippen LogP contribution in [0.4, 0.5) is 0 Å². The molecule has 4 aromatic carbocycles. The van der Waals surface area contributed by atoms with Crippen molar-refractivity contribution >= 4 is 23.6 Å². The van der Waals surface area contributed by atoms with E-state index >= 15 is 0 Å². The molecule has 0 aliphatic heterocycles. The van der Waals surface area contributed by atoms with E-state index in [2.05, 4.69) is 26.3 Å². The van der Waals surface area contributed by atoms with Crippen LogP contribution in [0, 0.1) is 6.92 Å². The zero-order valence-corrected chi connectivity index (χ0v) is 34.9. The number of hydrogen-bond donors (Lipinski definition) is 4. The lowest BCUT2D eigenvalue weighted by Gasteiger charge is -2.38. The molecule has 5 rings (SSSR count). The molecular formula is C47H55N5O8. The molecule has 0 fully saturated rings. The van der Waals surface area contributed by atoms with Crippen LogP contribution in [0.15, 0.2) is 126 Å². The Balaban J connectivity index is 1.43. The topological polar surface area (TPSA) is 170 Å². The van der Waals surface area contributed by atoms with Crippen molar-refractivity contribution in [2.24, 2.45) is 0 Å². The molecule has 13 nitrogen and oxygen atoms in total. The minimum atomic E-state index is -1.76. The summed E-state index contributed by atoms with van der Waals surface area (Å²) in [5, 5.41) is 11.4. The van der Waals surface area contributed by atoms with Crippen molar-refractivity contribution in [3.63, 3.8) is 0 Å². The number of amides is 4. The van der Waals surface area contributed by atoms with E-state index in [4.69, 9.17) is 18.6 Å².